The summed E-state index contributed by atoms with van der Waals surface area (Å²) in [6.45, 7) is 0.694. The van der Waals surface area contributed by atoms with Gasteiger partial charge in [-0.3, -0.25) is 0 Å². The fourth-order valence-electron chi connectivity index (χ4n) is 3.91. The van der Waals surface area contributed by atoms with Crippen molar-refractivity contribution in [3.05, 3.63) is 48.3 Å². The normalized spacial score (nSPS) is 13.9. The Hall–Kier alpha value is -3.63. The topological polar surface area (TPSA) is 65.0 Å². The first-order valence-electron chi connectivity index (χ1n) is 9.67. The third kappa shape index (κ3) is 3.43. The Balaban J connectivity index is 1.83. The Morgan fingerprint density at radius 2 is 1.91 bits per heavy atom. The summed E-state index contributed by atoms with van der Waals surface area (Å²) in [6.07, 6.45) is -5.78. The molecule has 0 amide bonds. The van der Waals surface area contributed by atoms with E-state index in [0.717, 1.165) is 0 Å². The van der Waals surface area contributed by atoms with Gasteiger partial charge in [0.15, 0.2) is 0 Å². The van der Waals surface area contributed by atoms with Crippen LogP contribution in [0.2, 0.25) is 0 Å². The fraction of sp³-hybridized carbons (Fsp3) is 0.238. The number of nitrogens with one attached hydrogen (secondary N) is 1. The summed E-state index contributed by atoms with van der Waals surface area (Å²) >= 11 is 0. The molecule has 0 saturated carbocycles. The van der Waals surface area contributed by atoms with Crippen LogP contribution < -0.4 is 9.47 Å². The highest BCUT2D eigenvalue weighted by Gasteiger charge is 2.35. The average Bonchev–Trinajstić information content (AvgIpc) is 3.31. The van der Waals surface area contributed by atoms with Gasteiger partial charge in [-0.25, -0.2) is 18.4 Å². The van der Waals surface area contributed by atoms with Crippen molar-refractivity contribution in [3.63, 3.8) is 0 Å². The Labute approximate surface area is 177 Å². The van der Waals surface area contributed by atoms with Gasteiger partial charge in [-0.1, -0.05) is 18.2 Å². The number of aromatic nitrogens is 4. The lowest BCUT2D eigenvalue weighted by Gasteiger charge is -2.17. The molecule has 166 valence electrons. The van der Waals surface area contributed by atoms with Crippen molar-refractivity contribution in [1.82, 2.24) is 19.7 Å². The predicted molar refractivity (Wildman–Crippen MR) is 105 cm³/mol. The zero-order chi connectivity index (χ0) is 22.5. The quantitative estimate of drug-likeness (QED) is 0.405. The first-order chi connectivity index (χ1) is 15.3. The molecular weight excluding hydrogens is 435 g/mol. The Kier molecular flexibility index (Phi) is 4.75. The molecule has 0 radical (unpaired) electrons. The first-order valence-corrected chi connectivity index (χ1v) is 9.67. The number of aromatic amines is 1. The lowest BCUT2D eigenvalue weighted by Crippen LogP contribution is -2.17. The van der Waals surface area contributed by atoms with E-state index in [0.29, 0.717) is 30.6 Å². The molecule has 1 N–H and O–H groups in total. The van der Waals surface area contributed by atoms with Gasteiger partial charge < -0.3 is 14.5 Å². The number of rotatable bonds is 4. The molecule has 0 fully saturated rings. The van der Waals surface area contributed by atoms with E-state index in [1.54, 1.807) is 12.1 Å². The molecule has 5 rings (SSSR count). The number of ether oxygens (including phenoxy) is 2. The number of nitrogens with zero attached hydrogens (tertiary/aromatic N) is 3. The molecule has 0 aliphatic carbocycles. The minimum absolute atomic E-state index is 0.00508. The van der Waals surface area contributed by atoms with Crippen LogP contribution in [-0.2, 0) is 6.54 Å². The maximum atomic E-state index is 14.0. The molecule has 1 aliphatic heterocycles. The maximum absolute atomic E-state index is 14.0. The van der Waals surface area contributed by atoms with E-state index in [1.165, 1.54) is 35.1 Å². The van der Waals surface area contributed by atoms with Gasteiger partial charge in [-0.05, 0) is 18.2 Å². The third-order valence-corrected chi connectivity index (χ3v) is 5.10. The molecule has 0 saturated heterocycles. The van der Waals surface area contributed by atoms with Gasteiger partial charge in [0.1, 0.15) is 17.1 Å². The van der Waals surface area contributed by atoms with Crippen LogP contribution in [0.25, 0.3) is 33.4 Å². The van der Waals surface area contributed by atoms with Crippen molar-refractivity contribution < 1.29 is 31.4 Å². The van der Waals surface area contributed by atoms with Crippen molar-refractivity contribution in [3.8, 4) is 34.0 Å². The van der Waals surface area contributed by atoms with Crippen LogP contribution >= 0.6 is 0 Å². The van der Waals surface area contributed by atoms with Gasteiger partial charge in [0, 0.05) is 35.7 Å². The average molecular weight is 450 g/mol. The molecule has 32 heavy (non-hydrogen) atoms. The first kappa shape index (κ1) is 20.3. The molecule has 0 spiro atoms. The summed E-state index contributed by atoms with van der Waals surface area (Å²) < 4.78 is 78.4. The van der Waals surface area contributed by atoms with Gasteiger partial charge in [0.25, 0.3) is 6.43 Å². The summed E-state index contributed by atoms with van der Waals surface area (Å²) in [5, 5.41) is 4.44. The summed E-state index contributed by atoms with van der Waals surface area (Å²) in [7, 11) is 0. The van der Waals surface area contributed by atoms with Crippen LogP contribution in [-0.4, -0.2) is 32.7 Å². The second-order valence-electron chi connectivity index (χ2n) is 7.11. The van der Waals surface area contributed by atoms with Crippen molar-refractivity contribution in [2.45, 2.75) is 25.8 Å². The van der Waals surface area contributed by atoms with E-state index in [-0.39, 0.29) is 28.3 Å². The minimum atomic E-state index is -4.94. The van der Waals surface area contributed by atoms with E-state index >= 15 is 0 Å². The molecular formula is C21H15F5N4O2. The highest BCUT2D eigenvalue weighted by atomic mass is 19.4. The molecule has 1 aliphatic rings. The fourth-order valence-corrected chi connectivity index (χ4v) is 3.91. The van der Waals surface area contributed by atoms with Crippen LogP contribution in [0.1, 0.15) is 18.5 Å². The summed E-state index contributed by atoms with van der Waals surface area (Å²) in [5.41, 5.74) is 0.221. The molecule has 0 unspecified atom stereocenters. The van der Waals surface area contributed by atoms with E-state index in [2.05, 4.69) is 19.8 Å². The zero-order valence-corrected chi connectivity index (χ0v) is 16.3. The lowest BCUT2D eigenvalue weighted by molar-refractivity contribution is -0.274. The van der Waals surface area contributed by atoms with E-state index in [4.69, 9.17) is 4.74 Å². The van der Waals surface area contributed by atoms with Crippen LogP contribution in [0.5, 0.6) is 11.6 Å². The SMILES string of the molecule is FC(F)c1nn2c(c1-c1[nH]c3ncccc3c1-c1ccccc1OC(F)(F)F)OCCC2. The molecule has 6 nitrogen and oxygen atoms in total. The van der Waals surface area contributed by atoms with E-state index < -0.39 is 24.2 Å². The number of aryl methyl sites for hydroxylation is 1. The standard InChI is InChI=1S/C21H15F5N4O2/c22-18(23)17-15(20-30(29-17)9-4-10-31-20)16-14(12-6-3-8-27-19(12)28-16)11-5-1-2-7-13(11)32-21(24,25)26/h1-3,5-8,18H,4,9-10H2,(H,27,28). The number of fused-ring (bicyclic) bond motifs is 2. The minimum Gasteiger partial charge on any atom is -0.477 e. The molecule has 4 aromatic rings. The Morgan fingerprint density at radius 1 is 1.09 bits per heavy atom. The number of para-hydroxylation sites is 1. The largest absolute Gasteiger partial charge is 0.573 e. The molecule has 0 atom stereocenters. The maximum Gasteiger partial charge on any atom is 0.573 e. The number of pyridine rings is 1. The number of benzene rings is 1. The third-order valence-electron chi connectivity index (χ3n) is 5.10. The van der Waals surface area contributed by atoms with Gasteiger partial charge in [-0.15, -0.1) is 13.2 Å². The van der Waals surface area contributed by atoms with Gasteiger partial charge in [0.05, 0.1) is 17.9 Å². The van der Waals surface area contributed by atoms with Crippen molar-refractivity contribution in [1.29, 1.82) is 0 Å². The second kappa shape index (κ2) is 7.50. The molecule has 0 bridgehead atoms. The highest BCUT2D eigenvalue weighted by molar-refractivity contribution is 6.04. The monoisotopic (exact) mass is 450 g/mol. The van der Waals surface area contributed by atoms with Crippen molar-refractivity contribution in [2.75, 3.05) is 6.61 Å². The predicted octanol–water partition coefficient (Wildman–Crippen LogP) is 5.71. The zero-order valence-electron chi connectivity index (χ0n) is 16.3. The van der Waals surface area contributed by atoms with Crippen molar-refractivity contribution >= 4 is 11.0 Å². The van der Waals surface area contributed by atoms with Crippen LogP contribution in [0.4, 0.5) is 22.0 Å². The molecule has 4 heterocycles. The number of H-pyrrole nitrogens is 1. The van der Waals surface area contributed by atoms with E-state index in [1.807, 2.05) is 0 Å². The van der Waals surface area contributed by atoms with Crippen LogP contribution in [0.3, 0.4) is 0 Å². The summed E-state index contributed by atoms with van der Waals surface area (Å²) in [5.74, 6) is -0.333. The smallest absolute Gasteiger partial charge is 0.477 e. The Morgan fingerprint density at radius 3 is 2.69 bits per heavy atom. The second-order valence-corrected chi connectivity index (χ2v) is 7.11. The number of halogens is 5. The molecule has 3 aromatic heterocycles. The van der Waals surface area contributed by atoms with Crippen molar-refractivity contribution in [2.24, 2.45) is 0 Å². The molecule has 1 aromatic carbocycles. The summed E-state index contributed by atoms with van der Waals surface area (Å²) in [4.78, 5) is 7.20. The lowest BCUT2D eigenvalue weighted by atomic mass is 9.98. The van der Waals surface area contributed by atoms with Gasteiger partial charge >= 0.3 is 6.36 Å². The number of alkyl halides is 5. The van der Waals surface area contributed by atoms with Gasteiger partial charge in [-0.2, -0.15) is 5.10 Å². The Bertz CT molecular complexity index is 1300. The number of hydrogen-bond donors (Lipinski definition) is 1. The number of hydrogen-bond acceptors (Lipinski definition) is 4. The molecule has 11 heteroatoms. The van der Waals surface area contributed by atoms with Crippen LogP contribution in [0.15, 0.2) is 42.6 Å². The van der Waals surface area contributed by atoms with Crippen LogP contribution in [0, 0.1) is 0 Å². The van der Waals surface area contributed by atoms with E-state index in [9.17, 15) is 22.0 Å². The summed E-state index contributed by atoms with van der Waals surface area (Å²) in [6, 6.07) is 8.77. The highest BCUT2D eigenvalue weighted by Crippen LogP contribution is 2.48. The van der Waals surface area contributed by atoms with Gasteiger partial charge in [0.2, 0.25) is 5.88 Å².